The molecule has 0 atom stereocenters. The van der Waals surface area contributed by atoms with Gasteiger partial charge in [0.25, 0.3) is 0 Å². The maximum absolute atomic E-state index is 15.4. The smallest absolute Gasteiger partial charge is 0.169 e. The molecule has 0 amide bonds. The zero-order valence-corrected chi connectivity index (χ0v) is 59.1. The Kier molecular flexibility index (Phi) is 9.94. The molecule has 4 bridgehead atoms. The minimum atomic E-state index is -0.360. The van der Waals surface area contributed by atoms with Crippen molar-refractivity contribution in [3.8, 4) is 22.3 Å². The van der Waals surface area contributed by atoms with Crippen LogP contribution in [0.2, 0.25) is 0 Å². The minimum absolute atomic E-state index is 0.0166. The molecule has 92 heavy (non-hydrogen) atoms. The van der Waals surface area contributed by atoms with Crippen molar-refractivity contribution in [1.29, 1.82) is 0 Å². The van der Waals surface area contributed by atoms with Crippen LogP contribution in [0.5, 0.6) is 0 Å². The number of rotatable bonds is 2. The van der Waals surface area contributed by atoms with Crippen molar-refractivity contribution in [2.45, 2.75) is 270 Å². The van der Waals surface area contributed by atoms with Gasteiger partial charge in [0.15, 0.2) is 11.6 Å². The van der Waals surface area contributed by atoms with Crippen LogP contribution >= 0.6 is 0 Å². The molecule has 0 aliphatic heterocycles. The highest BCUT2D eigenvalue weighted by Gasteiger charge is 2.55. The molecule has 7 aromatic carbocycles. The quantitative estimate of drug-likeness (QED) is 0.173. The normalized spacial score (nSPS) is 28.6. The van der Waals surface area contributed by atoms with Crippen molar-refractivity contribution >= 4 is 87.8 Å². The Morgan fingerprint density at radius 3 is 0.793 bits per heavy atom. The van der Waals surface area contributed by atoms with E-state index < -0.39 is 0 Å². The van der Waals surface area contributed by atoms with Crippen LogP contribution in [0.4, 0.5) is 0 Å². The maximum atomic E-state index is 15.4. The van der Waals surface area contributed by atoms with E-state index in [2.05, 4.69) is 220 Å². The van der Waals surface area contributed by atoms with E-state index in [4.69, 9.17) is 0 Å². The molecule has 10 aliphatic carbocycles. The molecule has 4 heterocycles. The molecule has 11 aromatic rings. The fourth-order valence-corrected chi connectivity index (χ4v) is 24.7. The van der Waals surface area contributed by atoms with E-state index >= 15 is 9.59 Å². The monoisotopic (exact) mass is 1210 g/mol. The summed E-state index contributed by atoms with van der Waals surface area (Å²) in [5.41, 5.74) is 28.5. The molecular weight excluding hydrogens is 1120 g/mol. The van der Waals surface area contributed by atoms with Gasteiger partial charge in [-0.05, 0) is 270 Å². The first-order valence-corrected chi connectivity index (χ1v) is 35.8. The summed E-state index contributed by atoms with van der Waals surface area (Å²) in [6.45, 7) is 49.7. The van der Waals surface area contributed by atoms with E-state index in [1.165, 1.54) is 143 Å². The van der Waals surface area contributed by atoms with Gasteiger partial charge in [-0.15, -0.1) is 0 Å². The first kappa shape index (κ1) is 57.0. The molecule has 4 heteroatoms. The highest BCUT2D eigenvalue weighted by molar-refractivity contribution is 6.31. The SMILES string of the molecule is CC12CCC(C)(CC1)c1cc3c4cc(-c5c6c(cc7c5C(C)(C)CC7(C)C)C(C)(C)CC6(C)C)cc5c6cc7c(cc6n(c3cc1C2=O)c45)c1cc(-c2c3c(cc4c2C(C)(C)CC4(C)C)C(C)(C)CC3(C)C)cc2c3cc4c(cc3n7c21)C(=O)C1(C)CCC4(C)CC1. The average Bonchev–Trinajstić information content (AvgIpc) is 1.51. The molecule has 4 nitrogen and oxygen atoms in total. The number of benzene rings is 7. The van der Waals surface area contributed by atoms with Gasteiger partial charge in [0.1, 0.15) is 0 Å². The predicted molar refractivity (Wildman–Crippen MR) is 386 cm³/mol. The van der Waals surface area contributed by atoms with E-state index in [9.17, 15) is 0 Å². The van der Waals surface area contributed by atoms with Gasteiger partial charge >= 0.3 is 0 Å². The number of Topliss-reactive ketones (excluding diaryl/α,β-unsaturated/α-hetero) is 2. The molecule has 0 N–H and O–H groups in total. The summed E-state index contributed by atoms with van der Waals surface area (Å²) in [5.74, 6) is 0.670. The number of nitrogens with zero attached hydrogens (tertiary/aromatic N) is 2. The molecule has 0 spiro atoms. The summed E-state index contributed by atoms with van der Waals surface area (Å²) in [6.07, 6.45) is 12.3. The zero-order chi connectivity index (χ0) is 64.6. The largest absolute Gasteiger partial charge is 0.308 e. The lowest BCUT2D eigenvalue weighted by Crippen LogP contribution is -2.33. The molecule has 0 radical (unpaired) electrons. The second-order valence-corrected chi connectivity index (χ2v) is 39.1. The fraction of sp³-hybridized carbons (Fsp3) is 0.500. The molecule has 470 valence electrons. The van der Waals surface area contributed by atoms with Crippen LogP contribution in [0, 0.1) is 10.8 Å². The minimum Gasteiger partial charge on any atom is -0.308 e. The third-order valence-electron chi connectivity index (χ3n) is 28.4. The lowest BCUT2D eigenvalue weighted by Gasteiger charge is -2.38. The van der Waals surface area contributed by atoms with Crippen LogP contribution in [0.25, 0.3) is 98.4 Å². The summed E-state index contributed by atoms with van der Waals surface area (Å²) in [5, 5.41) is 10.2. The second kappa shape index (κ2) is 16.1. The van der Waals surface area contributed by atoms with Crippen LogP contribution in [-0.4, -0.2) is 20.4 Å². The Hall–Kier alpha value is -6.52. The summed E-state index contributed by atoms with van der Waals surface area (Å²) in [4.78, 5) is 30.9. The first-order chi connectivity index (χ1) is 42.7. The van der Waals surface area contributed by atoms with Crippen molar-refractivity contribution in [3.05, 3.63) is 140 Å². The second-order valence-electron chi connectivity index (χ2n) is 39.1. The fourth-order valence-electron chi connectivity index (χ4n) is 24.7. The lowest BCUT2D eigenvalue weighted by atomic mass is 9.65. The van der Waals surface area contributed by atoms with Crippen molar-refractivity contribution in [3.63, 3.8) is 0 Å². The van der Waals surface area contributed by atoms with Crippen LogP contribution in [0.3, 0.4) is 0 Å². The standard InChI is InChI=1S/C88H96N2O2/c1-77(2)41-81(9,10)69-59(77)39-60-70(82(11,12)42-78(60,3)4)67(69)45-29-51-47-33-57-55(75(91)87(19)25-21-85(57,17)22-26-87)37-65(47)89-63-36-50-54-32-46(68-71-61(79(5,6)43-83(71,13)14)40-62-72(68)84(15,16)44-80(62,7)8)30-52-48-34-58-56(76(92)88(20)27-23-86(58,18)24-28-88)38-66(48)90(74(52)54)64(50)35-49(63)53(31-45)73(51)89/h29-40H,21-28,41-44H2,1-20H3. The number of hydrogen-bond donors (Lipinski definition) is 0. The van der Waals surface area contributed by atoms with Crippen molar-refractivity contribution in [1.82, 2.24) is 8.80 Å². The van der Waals surface area contributed by atoms with E-state index in [0.717, 1.165) is 99.2 Å². The number of carbonyl (C=O) groups is 2. The molecular formula is C88H96N2O2. The van der Waals surface area contributed by atoms with Gasteiger partial charge in [0.2, 0.25) is 0 Å². The van der Waals surface area contributed by atoms with Crippen molar-refractivity contribution in [2.75, 3.05) is 0 Å². The molecule has 2 fully saturated rings. The van der Waals surface area contributed by atoms with Crippen LogP contribution in [0.1, 0.15) is 292 Å². The molecule has 21 rings (SSSR count). The van der Waals surface area contributed by atoms with Crippen molar-refractivity contribution < 1.29 is 9.59 Å². The van der Waals surface area contributed by atoms with Gasteiger partial charge < -0.3 is 8.80 Å². The predicted octanol–water partition coefficient (Wildman–Crippen LogP) is 23.2. The molecule has 4 aromatic heterocycles. The number of aromatic nitrogens is 2. The maximum Gasteiger partial charge on any atom is 0.169 e. The van der Waals surface area contributed by atoms with Gasteiger partial charge in [-0.2, -0.15) is 0 Å². The zero-order valence-electron chi connectivity index (χ0n) is 59.1. The molecule has 2 saturated carbocycles. The summed E-state index contributed by atoms with van der Waals surface area (Å²) < 4.78 is 5.25. The van der Waals surface area contributed by atoms with E-state index in [1.54, 1.807) is 0 Å². The van der Waals surface area contributed by atoms with E-state index in [1.807, 2.05) is 0 Å². The Labute approximate surface area is 545 Å². The van der Waals surface area contributed by atoms with Gasteiger partial charge in [-0.1, -0.05) is 151 Å². The molecule has 0 unspecified atom stereocenters. The Morgan fingerprint density at radius 2 is 0.511 bits per heavy atom. The van der Waals surface area contributed by atoms with Crippen LogP contribution in [-0.2, 0) is 54.1 Å². The molecule has 10 aliphatic rings. The number of ketones is 2. The number of fused-ring (bicyclic) bond motifs is 20. The topological polar surface area (TPSA) is 43.0 Å². The first-order valence-electron chi connectivity index (χ1n) is 35.8. The van der Waals surface area contributed by atoms with Crippen molar-refractivity contribution in [2.24, 2.45) is 10.8 Å². The summed E-state index contributed by atoms with van der Waals surface area (Å²) in [7, 11) is 0. The van der Waals surface area contributed by atoms with Gasteiger partial charge in [-0.25, -0.2) is 0 Å². The number of carbonyl (C=O) groups excluding carboxylic acids is 2. The number of hydrogen-bond acceptors (Lipinski definition) is 2. The lowest BCUT2D eigenvalue weighted by molar-refractivity contribution is 0.0726. The summed E-state index contributed by atoms with van der Waals surface area (Å²) >= 11 is 0. The van der Waals surface area contributed by atoms with E-state index in [-0.39, 0.29) is 65.0 Å². The Balaban J connectivity index is 1.00. The molecule has 0 saturated heterocycles. The van der Waals surface area contributed by atoms with Crippen LogP contribution < -0.4 is 0 Å². The average molecular weight is 1210 g/mol. The summed E-state index contributed by atoms with van der Waals surface area (Å²) in [6, 6.07) is 30.9. The van der Waals surface area contributed by atoms with E-state index in [0.29, 0.717) is 11.6 Å². The Bertz CT molecular complexity index is 4930. The van der Waals surface area contributed by atoms with Gasteiger partial charge in [-0.3, -0.25) is 9.59 Å². The van der Waals surface area contributed by atoms with Crippen LogP contribution in [0.15, 0.2) is 72.8 Å². The third kappa shape index (κ3) is 6.59. The third-order valence-corrected chi connectivity index (χ3v) is 28.4. The van der Waals surface area contributed by atoms with Gasteiger partial charge in [0, 0.05) is 65.0 Å². The Morgan fingerprint density at radius 1 is 0.261 bits per heavy atom. The highest BCUT2D eigenvalue weighted by Crippen LogP contribution is 2.65. The van der Waals surface area contributed by atoms with Gasteiger partial charge in [0.05, 0.1) is 33.1 Å². The highest BCUT2D eigenvalue weighted by atomic mass is 16.1.